The largest absolute Gasteiger partial charge is 0.272 e. The molecule has 3 rings (SSSR count). The molecule has 4 heteroatoms. The van der Waals surface area contributed by atoms with Gasteiger partial charge in [0.1, 0.15) is 0 Å². The third kappa shape index (κ3) is 2.74. The normalized spacial score (nSPS) is 16.6. The molecular weight excluding hydrogens is 296 g/mol. The summed E-state index contributed by atoms with van der Waals surface area (Å²) >= 11 is 0. The van der Waals surface area contributed by atoms with E-state index in [1.807, 2.05) is 36.4 Å². The Morgan fingerprint density at radius 2 is 1.64 bits per heavy atom. The van der Waals surface area contributed by atoms with E-state index in [1.54, 1.807) is 0 Å². The molecule has 22 heavy (non-hydrogen) atoms. The summed E-state index contributed by atoms with van der Waals surface area (Å²) in [5.74, 6) is 6.34. The molecule has 2 aromatic rings. The number of rotatable bonds is 2. The maximum Gasteiger partial charge on any atom is 0.248 e. The number of fused-ring (bicyclic) bond motifs is 3. The summed E-state index contributed by atoms with van der Waals surface area (Å²) in [6, 6.07) is 16.0. The van der Waals surface area contributed by atoms with E-state index in [2.05, 4.69) is 26.0 Å². The van der Waals surface area contributed by atoms with Gasteiger partial charge in [-0.05, 0) is 29.5 Å². The zero-order valence-electron chi connectivity index (χ0n) is 12.8. The van der Waals surface area contributed by atoms with Crippen LogP contribution in [-0.4, -0.2) is 5.91 Å². The van der Waals surface area contributed by atoms with E-state index in [0.29, 0.717) is 5.92 Å². The van der Waals surface area contributed by atoms with E-state index < -0.39 is 0 Å². The number of carbonyl (C=O) groups is 1. The molecule has 1 aliphatic heterocycles. The standard InChI is InChI=1S/C18H20N2O.ClH/c1-12(2)11-16-14-8-4-3-7-13(14)15-9-5-6-10-17(15)20(19)18(16)21;/h3-10,12,16H,11,19H2,1-2H3;1H. The lowest BCUT2D eigenvalue weighted by Gasteiger charge is -2.22. The van der Waals surface area contributed by atoms with Crippen LogP contribution in [0.15, 0.2) is 48.5 Å². The number of halogens is 1. The van der Waals surface area contributed by atoms with E-state index in [1.165, 1.54) is 5.01 Å². The molecule has 1 atom stereocenters. The number of hydrazine groups is 1. The first-order valence-electron chi connectivity index (χ1n) is 7.36. The molecule has 0 fully saturated rings. The SMILES string of the molecule is CC(C)CC1C(=O)N(N)c2ccccc2-c2ccccc21.Cl. The minimum atomic E-state index is -0.182. The van der Waals surface area contributed by atoms with Gasteiger partial charge in [0.05, 0.1) is 11.6 Å². The Labute approximate surface area is 137 Å². The summed E-state index contributed by atoms with van der Waals surface area (Å²) in [6.45, 7) is 4.27. The van der Waals surface area contributed by atoms with Gasteiger partial charge < -0.3 is 0 Å². The first-order valence-corrected chi connectivity index (χ1v) is 7.36. The number of nitrogens with two attached hydrogens (primary N) is 1. The van der Waals surface area contributed by atoms with Crippen LogP contribution in [0.25, 0.3) is 11.1 Å². The highest BCUT2D eigenvalue weighted by Gasteiger charge is 2.32. The number of nitrogens with zero attached hydrogens (tertiary/aromatic N) is 1. The zero-order valence-corrected chi connectivity index (χ0v) is 13.6. The van der Waals surface area contributed by atoms with Gasteiger partial charge in [0, 0.05) is 5.56 Å². The number of carbonyl (C=O) groups excluding carboxylic acids is 1. The molecule has 0 saturated heterocycles. The monoisotopic (exact) mass is 316 g/mol. The summed E-state index contributed by atoms with van der Waals surface area (Å²) in [4.78, 5) is 12.8. The Kier molecular flexibility index (Phi) is 4.89. The molecule has 0 radical (unpaired) electrons. The Balaban J connectivity index is 0.00000176. The van der Waals surface area contributed by atoms with Crippen LogP contribution in [0.4, 0.5) is 5.69 Å². The minimum Gasteiger partial charge on any atom is -0.272 e. The van der Waals surface area contributed by atoms with Crippen molar-refractivity contribution in [2.75, 3.05) is 5.01 Å². The molecule has 0 saturated carbocycles. The molecular formula is C18H21ClN2O. The highest BCUT2D eigenvalue weighted by Crippen LogP contribution is 2.41. The van der Waals surface area contributed by atoms with E-state index in [9.17, 15) is 4.79 Å². The zero-order chi connectivity index (χ0) is 15.0. The molecule has 2 N–H and O–H groups in total. The summed E-state index contributed by atoms with van der Waals surface area (Å²) in [7, 11) is 0. The quantitative estimate of drug-likeness (QED) is 0.669. The highest BCUT2D eigenvalue weighted by atomic mass is 35.5. The fourth-order valence-electron chi connectivity index (χ4n) is 3.08. The molecule has 0 bridgehead atoms. The van der Waals surface area contributed by atoms with Gasteiger partial charge in [0.2, 0.25) is 5.91 Å². The van der Waals surface area contributed by atoms with Crippen molar-refractivity contribution in [3.63, 3.8) is 0 Å². The topological polar surface area (TPSA) is 46.3 Å². The second kappa shape index (κ2) is 6.51. The van der Waals surface area contributed by atoms with Crippen molar-refractivity contribution in [2.24, 2.45) is 11.8 Å². The lowest BCUT2D eigenvalue weighted by atomic mass is 9.86. The van der Waals surface area contributed by atoms with Gasteiger partial charge in [0.15, 0.2) is 0 Å². The van der Waals surface area contributed by atoms with Crippen molar-refractivity contribution in [3.05, 3.63) is 54.1 Å². The van der Waals surface area contributed by atoms with E-state index >= 15 is 0 Å². The van der Waals surface area contributed by atoms with Gasteiger partial charge in [-0.1, -0.05) is 56.3 Å². The fraction of sp³-hybridized carbons (Fsp3) is 0.278. The average Bonchev–Trinajstić information content (AvgIpc) is 2.58. The fourth-order valence-corrected chi connectivity index (χ4v) is 3.08. The van der Waals surface area contributed by atoms with Crippen molar-refractivity contribution >= 4 is 24.0 Å². The van der Waals surface area contributed by atoms with Crippen LogP contribution in [0.5, 0.6) is 0 Å². The van der Waals surface area contributed by atoms with Crippen molar-refractivity contribution in [2.45, 2.75) is 26.2 Å². The summed E-state index contributed by atoms with van der Waals surface area (Å²) in [6.07, 6.45) is 0.803. The summed E-state index contributed by atoms with van der Waals surface area (Å²) in [5.41, 5.74) is 3.99. The number of para-hydroxylation sites is 1. The first kappa shape index (κ1) is 16.5. The molecule has 1 heterocycles. The smallest absolute Gasteiger partial charge is 0.248 e. The van der Waals surface area contributed by atoms with Gasteiger partial charge in [-0.25, -0.2) is 10.9 Å². The lowest BCUT2D eigenvalue weighted by Crippen LogP contribution is -2.40. The molecule has 2 aromatic carbocycles. The minimum absolute atomic E-state index is 0. The average molecular weight is 317 g/mol. The third-order valence-electron chi connectivity index (χ3n) is 4.03. The van der Waals surface area contributed by atoms with Crippen molar-refractivity contribution in [3.8, 4) is 11.1 Å². The third-order valence-corrected chi connectivity index (χ3v) is 4.03. The van der Waals surface area contributed by atoms with Crippen molar-refractivity contribution in [1.29, 1.82) is 0 Å². The van der Waals surface area contributed by atoms with E-state index in [-0.39, 0.29) is 24.2 Å². The Hall–Kier alpha value is -1.84. The molecule has 0 aromatic heterocycles. The predicted octanol–water partition coefficient (Wildman–Crippen LogP) is 4.13. The second-order valence-electron chi connectivity index (χ2n) is 5.99. The molecule has 1 unspecified atom stereocenters. The Morgan fingerprint density at radius 1 is 1.05 bits per heavy atom. The number of hydrogen-bond acceptors (Lipinski definition) is 2. The number of hydrogen-bond donors (Lipinski definition) is 1. The van der Waals surface area contributed by atoms with Crippen LogP contribution in [0.3, 0.4) is 0 Å². The molecule has 0 aliphatic carbocycles. The van der Waals surface area contributed by atoms with Gasteiger partial charge in [-0.3, -0.25) is 4.79 Å². The molecule has 1 amide bonds. The van der Waals surface area contributed by atoms with E-state index in [4.69, 9.17) is 5.84 Å². The predicted molar refractivity (Wildman–Crippen MR) is 93.0 cm³/mol. The molecule has 3 nitrogen and oxygen atoms in total. The lowest BCUT2D eigenvalue weighted by molar-refractivity contribution is -0.120. The summed E-state index contributed by atoms with van der Waals surface area (Å²) < 4.78 is 0. The van der Waals surface area contributed by atoms with Crippen molar-refractivity contribution < 1.29 is 4.79 Å². The van der Waals surface area contributed by atoms with Crippen LogP contribution in [0, 0.1) is 5.92 Å². The summed E-state index contributed by atoms with van der Waals surface area (Å²) in [5, 5.41) is 1.32. The van der Waals surface area contributed by atoms with Gasteiger partial charge in [0.25, 0.3) is 0 Å². The Bertz CT molecular complexity index is 684. The van der Waals surface area contributed by atoms with E-state index in [0.717, 1.165) is 28.8 Å². The highest BCUT2D eigenvalue weighted by molar-refractivity contribution is 6.04. The molecule has 0 spiro atoms. The van der Waals surface area contributed by atoms with Crippen LogP contribution < -0.4 is 10.9 Å². The maximum atomic E-state index is 12.8. The van der Waals surface area contributed by atoms with Gasteiger partial charge >= 0.3 is 0 Å². The molecule has 1 aliphatic rings. The van der Waals surface area contributed by atoms with Crippen LogP contribution >= 0.6 is 12.4 Å². The number of amides is 1. The first-order chi connectivity index (χ1) is 10.1. The molecule has 116 valence electrons. The maximum absolute atomic E-state index is 12.8. The van der Waals surface area contributed by atoms with Gasteiger partial charge in [-0.2, -0.15) is 0 Å². The van der Waals surface area contributed by atoms with Crippen LogP contribution in [-0.2, 0) is 4.79 Å². The van der Waals surface area contributed by atoms with Crippen LogP contribution in [0.1, 0.15) is 31.7 Å². The Morgan fingerprint density at radius 3 is 2.32 bits per heavy atom. The number of benzene rings is 2. The van der Waals surface area contributed by atoms with Crippen LogP contribution in [0.2, 0.25) is 0 Å². The second-order valence-corrected chi connectivity index (χ2v) is 5.99. The van der Waals surface area contributed by atoms with Crippen molar-refractivity contribution in [1.82, 2.24) is 0 Å². The van der Waals surface area contributed by atoms with Gasteiger partial charge in [-0.15, -0.1) is 12.4 Å². The number of anilines is 1.